The van der Waals surface area contributed by atoms with Crippen molar-refractivity contribution in [2.75, 3.05) is 24.3 Å². The number of anilines is 2. The number of carbonyl (C=O) groups excluding carboxylic acids is 1. The van der Waals surface area contributed by atoms with Crippen molar-refractivity contribution in [3.63, 3.8) is 0 Å². The third kappa shape index (κ3) is 3.61. The van der Waals surface area contributed by atoms with E-state index in [1.807, 2.05) is 74.4 Å². The van der Waals surface area contributed by atoms with Gasteiger partial charge in [0, 0.05) is 25.5 Å². The highest BCUT2D eigenvalue weighted by Crippen LogP contribution is 2.23. The number of nitrogens with two attached hydrogens (primary N) is 1. The van der Waals surface area contributed by atoms with Crippen molar-refractivity contribution in [2.24, 2.45) is 5.73 Å². The Labute approximate surface area is 125 Å². The zero-order chi connectivity index (χ0) is 15.4. The molecule has 0 saturated heterocycles. The van der Waals surface area contributed by atoms with Crippen LogP contribution >= 0.6 is 0 Å². The number of hydrogen-bond donors (Lipinski definition) is 2. The first-order valence-electron chi connectivity index (χ1n) is 6.88. The van der Waals surface area contributed by atoms with Crippen molar-refractivity contribution in [1.82, 2.24) is 0 Å². The van der Waals surface area contributed by atoms with E-state index in [0.717, 1.165) is 22.5 Å². The van der Waals surface area contributed by atoms with Gasteiger partial charge in [0.05, 0.1) is 0 Å². The maximum absolute atomic E-state index is 12.2. The molecule has 1 amide bonds. The molecule has 0 bridgehead atoms. The van der Waals surface area contributed by atoms with Crippen LogP contribution < -0.4 is 16.0 Å². The molecule has 110 valence electrons. The van der Waals surface area contributed by atoms with Crippen molar-refractivity contribution in [3.8, 4) is 0 Å². The Morgan fingerprint density at radius 2 is 1.81 bits per heavy atom. The third-order valence-electron chi connectivity index (χ3n) is 3.40. The van der Waals surface area contributed by atoms with Gasteiger partial charge >= 0.3 is 0 Å². The highest BCUT2D eigenvalue weighted by molar-refractivity contribution is 5.95. The summed E-state index contributed by atoms with van der Waals surface area (Å²) in [5.74, 6) is -0.213. The van der Waals surface area contributed by atoms with Crippen LogP contribution in [0.1, 0.15) is 17.2 Å². The summed E-state index contributed by atoms with van der Waals surface area (Å²) >= 11 is 0. The van der Waals surface area contributed by atoms with Crippen LogP contribution in [-0.4, -0.2) is 20.0 Å². The minimum atomic E-state index is -0.671. The monoisotopic (exact) mass is 283 g/mol. The molecule has 0 aromatic heterocycles. The van der Waals surface area contributed by atoms with Crippen LogP contribution in [0, 0.1) is 6.92 Å². The van der Waals surface area contributed by atoms with Crippen molar-refractivity contribution in [2.45, 2.75) is 13.0 Å². The summed E-state index contributed by atoms with van der Waals surface area (Å²) in [7, 11) is 3.95. The van der Waals surface area contributed by atoms with E-state index in [1.54, 1.807) is 0 Å². The standard InChI is InChI=1S/C17H21N3O/c1-12-9-10-14(11-15(12)20(2)3)19-17(21)16(18)13-7-5-4-6-8-13/h4-11,16H,18H2,1-3H3,(H,19,21). The summed E-state index contributed by atoms with van der Waals surface area (Å²) in [5.41, 5.74) is 9.77. The number of nitrogens with one attached hydrogen (secondary N) is 1. The molecule has 3 N–H and O–H groups in total. The van der Waals surface area contributed by atoms with E-state index < -0.39 is 6.04 Å². The van der Waals surface area contributed by atoms with Gasteiger partial charge in [0.15, 0.2) is 0 Å². The van der Waals surface area contributed by atoms with Gasteiger partial charge in [0.25, 0.3) is 0 Å². The van der Waals surface area contributed by atoms with Crippen LogP contribution in [0.25, 0.3) is 0 Å². The number of hydrogen-bond acceptors (Lipinski definition) is 3. The summed E-state index contributed by atoms with van der Waals surface area (Å²) < 4.78 is 0. The van der Waals surface area contributed by atoms with E-state index >= 15 is 0 Å². The van der Waals surface area contributed by atoms with Gasteiger partial charge < -0.3 is 16.0 Å². The topological polar surface area (TPSA) is 58.4 Å². The highest BCUT2D eigenvalue weighted by Gasteiger charge is 2.15. The van der Waals surface area contributed by atoms with Gasteiger partial charge in [-0.05, 0) is 30.2 Å². The molecule has 0 radical (unpaired) electrons. The molecule has 4 nitrogen and oxygen atoms in total. The average molecular weight is 283 g/mol. The lowest BCUT2D eigenvalue weighted by Gasteiger charge is -2.18. The zero-order valence-electron chi connectivity index (χ0n) is 12.6. The minimum Gasteiger partial charge on any atom is -0.377 e. The number of carbonyl (C=O) groups is 1. The number of aryl methyl sites for hydroxylation is 1. The fourth-order valence-electron chi connectivity index (χ4n) is 2.20. The van der Waals surface area contributed by atoms with Gasteiger partial charge in [0.2, 0.25) is 5.91 Å². The molecule has 0 spiro atoms. The molecule has 2 rings (SSSR count). The number of rotatable bonds is 4. The first-order valence-corrected chi connectivity index (χ1v) is 6.88. The number of benzene rings is 2. The van der Waals surface area contributed by atoms with E-state index in [2.05, 4.69) is 5.32 Å². The van der Waals surface area contributed by atoms with Gasteiger partial charge in [-0.25, -0.2) is 0 Å². The van der Waals surface area contributed by atoms with Crippen LogP contribution in [0.5, 0.6) is 0 Å². The van der Waals surface area contributed by atoms with Gasteiger partial charge in [-0.1, -0.05) is 36.4 Å². The van der Waals surface area contributed by atoms with Gasteiger partial charge in [0.1, 0.15) is 6.04 Å². The van der Waals surface area contributed by atoms with E-state index in [4.69, 9.17) is 5.73 Å². The molecule has 0 aliphatic rings. The lowest BCUT2D eigenvalue weighted by molar-refractivity contribution is -0.117. The van der Waals surface area contributed by atoms with Crippen LogP contribution in [0.4, 0.5) is 11.4 Å². The quantitative estimate of drug-likeness (QED) is 0.907. The Morgan fingerprint density at radius 1 is 1.14 bits per heavy atom. The minimum absolute atomic E-state index is 0.213. The third-order valence-corrected chi connectivity index (χ3v) is 3.40. The maximum Gasteiger partial charge on any atom is 0.245 e. The molecule has 2 aromatic carbocycles. The predicted octanol–water partition coefficient (Wildman–Crippen LogP) is 2.70. The van der Waals surface area contributed by atoms with Crippen LogP contribution in [-0.2, 0) is 4.79 Å². The SMILES string of the molecule is Cc1ccc(NC(=O)C(N)c2ccccc2)cc1N(C)C. The lowest BCUT2D eigenvalue weighted by atomic mass is 10.1. The smallest absolute Gasteiger partial charge is 0.245 e. The number of amides is 1. The molecule has 0 fully saturated rings. The second-order valence-electron chi connectivity index (χ2n) is 5.27. The van der Waals surface area contributed by atoms with Crippen molar-refractivity contribution >= 4 is 17.3 Å². The summed E-state index contributed by atoms with van der Waals surface area (Å²) in [6, 6.07) is 14.5. The first kappa shape index (κ1) is 15.1. The van der Waals surface area contributed by atoms with Crippen LogP contribution in [0.2, 0.25) is 0 Å². The molecule has 0 heterocycles. The van der Waals surface area contributed by atoms with E-state index in [0.29, 0.717) is 0 Å². The molecular formula is C17H21N3O. The fraction of sp³-hybridized carbons (Fsp3) is 0.235. The van der Waals surface area contributed by atoms with E-state index in [-0.39, 0.29) is 5.91 Å². The maximum atomic E-state index is 12.2. The molecular weight excluding hydrogens is 262 g/mol. The van der Waals surface area contributed by atoms with Crippen molar-refractivity contribution in [3.05, 3.63) is 59.7 Å². The Hall–Kier alpha value is -2.33. The second kappa shape index (κ2) is 6.41. The Bertz CT molecular complexity index is 623. The van der Waals surface area contributed by atoms with Crippen molar-refractivity contribution in [1.29, 1.82) is 0 Å². The Kier molecular flexibility index (Phi) is 4.60. The molecule has 21 heavy (non-hydrogen) atoms. The van der Waals surface area contributed by atoms with Crippen molar-refractivity contribution < 1.29 is 4.79 Å². The van der Waals surface area contributed by atoms with Gasteiger partial charge in [-0.15, -0.1) is 0 Å². The summed E-state index contributed by atoms with van der Waals surface area (Å²) in [4.78, 5) is 14.2. The van der Waals surface area contributed by atoms with Crippen LogP contribution in [0.3, 0.4) is 0 Å². The summed E-state index contributed by atoms with van der Waals surface area (Å²) in [5, 5.41) is 2.87. The summed E-state index contributed by atoms with van der Waals surface area (Å²) in [6.45, 7) is 2.04. The van der Waals surface area contributed by atoms with Crippen LogP contribution in [0.15, 0.2) is 48.5 Å². The average Bonchev–Trinajstić information content (AvgIpc) is 2.49. The molecule has 1 atom stereocenters. The van der Waals surface area contributed by atoms with Gasteiger partial charge in [-0.2, -0.15) is 0 Å². The van der Waals surface area contributed by atoms with Gasteiger partial charge in [-0.3, -0.25) is 4.79 Å². The van der Waals surface area contributed by atoms with E-state index in [9.17, 15) is 4.79 Å². The molecule has 1 unspecified atom stereocenters. The normalized spacial score (nSPS) is 11.8. The number of nitrogens with zero attached hydrogens (tertiary/aromatic N) is 1. The zero-order valence-corrected chi connectivity index (χ0v) is 12.6. The molecule has 0 saturated carbocycles. The Balaban J connectivity index is 2.15. The largest absolute Gasteiger partial charge is 0.377 e. The van der Waals surface area contributed by atoms with E-state index in [1.165, 1.54) is 0 Å². The molecule has 0 aliphatic carbocycles. The molecule has 4 heteroatoms. The Morgan fingerprint density at radius 3 is 2.43 bits per heavy atom. The lowest BCUT2D eigenvalue weighted by Crippen LogP contribution is -2.27. The first-order chi connectivity index (χ1) is 9.99. The predicted molar refractivity (Wildman–Crippen MR) is 87.5 cm³/mol. The summed E-state index contributed by atoms with van der Waals surface area (Å²) in [6.07, 6.45) is 0. The fourth-order valence-corrected chi connectivity index (χ4v) is 2.20. The highest BCUT2D eigenvalue weighted by atomic mass is 16.2. The molecule has 0 aliphatic heterocycles. The molecule has 2 aromatic rings. The second-order valence-corrected chi connectivity index (χ2v) is 5.27.